The molecule has 0 spiro atoms. The molecule has 0 aliphatic carbocycles. The third kappa shape index (κ3) is 5.39. The lowest BCUT2D eigenvalue weighted by Gasteiger charge is -2.18. The number of H-pyrrole nitrogens is 2. The summed E-state index contributed by atoms with van der Waals surface area (Å²) in [5, 5.41) is 3.84. The molecule has 5 rings (SSSR count). The second kappa shape index (κ2) is 9.35. The van der Waals surface area contributed by atoms with Gasteiger partial charge in [0, 0.05) is 29.9 Å². The molecule has 4 aromatic rings. The standard InChI is InChI=1S/C21H15F7N8O3/c22-16(23)17-32-11(10-5-30-19(38)34-18(10)37)1-14(33-17)35-6-13(20(24,25)7-35)39-15-2-12-9(3-29-15)4-31-36(12)8-21(26,27)28/h1-5,13,16H,6-8H2,(H2,30,34,37,38)/t13-/m0/s1. The average molecular weight is 560 g/mol. The van der Waals surface area contributed by atoms with Crippen LogP contribution in [0.5, 0.6) is 5.88 Å². The Morgan fingerprint density at radius 1 is 1.15 bits per heavy atom. The molecule has 0 saturated carbocycles. The monoisotopic (exact) mass is 560 g/mol. The van der Waals surface area contributed by atoms with E-state index in [1.165, 1.54) is 0 Å². The van der Waals surface area contributed by atoms with Gasteiger partial charge in [0.15, 0.2) is 11.9 Å². The number of aromatic amines is 2. The number of hydrogen-bond donors (Lipinski definition) is 2. The van der Waals surface area contributed by atoms with E-state index in [0.717, 1.165) is 35.6 Å². The van der Waals surface area contributed by atoms with Gasteiger partial charge in [-0.2, -0.15) is 18.3 Å². The van der Waals surface area contributed by atoms with Crippen LogP contribution in [-0.2, 0) is 6.54 Å². The van der Waals surface area contributed by atoms with Gasteiger partial charge in [-0.3, -0.25) is 14.5 Å². The van der Waals surface area contributed by atoms with E-state index in [9.17, 15) is 40.3 Å². The van der Waals surface area contributed by atoms with Gasteiger partial charge in [-0.1, -0.05) is 0 Å². The average Bonchev–Trinajstić information content (AvgIpc) is 3.37. The van der Waals surface area contributed by atoms with Crippen molar-refractivity contribution in [1.82, 2.24) is 34.7 Å². The Morgan fingerprint density at radius 2 is 1.92 bits per heavy atom. The lowest BCUT2D eigenvalue weighted by atomic mass is 10.2. The molecule has 4 aromatic heterocycles. The third-order valence-corrected chi connectivity index (χ3v) is 5.70. The molecule has 39 heavy (non-hydrogen) atoms. The fraction of sp³-hybridized carbons (Fsp3) is 0.333. The number of fused-ring (bicyclic) bond motifs is 1. The Balaban J connectivity index is 1.44. The van der Waals surface area contributed by atoms with Crippen LogP contribution in [-0.4, -0.2) is 66.0 Å². The molecule has 1 saturated heterocycles. The Bertz CT molecular complexity index is 1650. The van der Waals surface area contributed by atoms with Crippen molar-refractivity contribution >= 4 is 16.7 Å². The molecule has 5 heterocycles. The first-order valence-corrected chi connectivity index (χ1v) is 11.0. The molecule has 0 radical (unpaired) electrons. The van der Waals surface area contributed by atoms with Gasteiger partial charge in [-0.05, 0) is 0 Å². The van der Waals surface area contributed by atoms with Gasteiger partial charge < -0.3 is 14.6 Å². The number of ether oxygens (including phenoxy) is 1. The number of anilines is 1. The predicted octanol–water partition coefficient (Wildman–Crippen LogP) is 2.67. The zero-order valence-corrected chi connectivity index (χ0v) is 19.2. The SMILES string of the molecule is O=c1[nH]cc(-c2cc(N3C[C@H](Oc4cc5c(cn4)cnn5CC(F)(F)F)C(F)(F)C3)nc(C(F)F)n2)c(=O)[nH]1. The van der Waals surface area contributed by atoms with Crippen molar-refractivity contribution in [3.8, 4) is 17.1 Å². The van der Waals surface area contributed by atoms with Crippen molar-refractivity contribution in [3.63, 3.8) is 0 Å². The highest BCUT2D eigenvalue weighted by Crippen LogP contribution is 2.35. The van der Waals surface area contributed by atoms with E-state index in [0.29, 0.717) is 4.68 Å². The summed E-state index contributed by atoms with van der Waals surface area (Å²) >= 11 is 0. The van der Waals surface area contributed by atoms with Crippen molar-refractivity contribution in [2.75, 3.05) is 18.0 Å². The van der Waals surface area contributed by atoms with Crippen LogP contribution in [0.2, 0.25) is 0 Å². The topological polar surface area (TPSA) is 135 Å². The molecule has 0 amide bonds. The second-order valence-corrected chi connectivity index (χ2v) is 8.50. The maximum absolute atomic E-state index is 14.9. The molecule has 1 aliphatic rings. The molecular formula is C21H15F7N8O3. The van der Waals surface area contributed by atoms with E-state index < -0.39 is 67.2 Å². The van der Waals surface area contributed by atoms with Crippen molar-refractivity contribution in [1.29, 1.82) is 0 Å². The van der Waals surface area contributed by atoms with Gasteiger partial charge in [-0.15, -0.1) is 0 Å². The van der Waals surface area contributed by atoms with E-state index in [2.05, 4.69) is 25.0 Å². The third-order valence-electron chi connectivity index (χ3n) is 5.70. The van der Waals surface area contributed by atoms with Crippen molar-refractivity contribution in [2.24, 2.45) is 0 Å². The van der Waals surface area contributed by atoms with Crippen LogP contribution in [0, 0.1) is 0 Å². The molecule has 2 N–H and O–H groups in total. The molecule has 11 nitrogen and oxygen atoms in total. The van der Waals surface area contributed by atoms with Gasteiger partial charge in [0.1, 0.15) is 12.4 Å². The maximum atomic E-state index is 14.9. The summed E-state index contributed by atoms with van der Waals surface area (Å²) in [6, 6.07) is 2.06. The Hall–Kier alpha value is -4.51. The lowest BCUT2D eigenvalue weighted by molar-refractivity contribution is -0.141. The van der Waals surface area contributed by atoms with E-state index in [1.807, 2.05) is 4.98 Å². The number of pyridine rings is 1. The summed E-state index contributed by atoms with van der Waals surface area (Å²) in [6.45, 7) is -3.04. The minimum Gasteiger partial charge on any atom is -0.466 e. The number of aromatic nitrogens is 7. The smallest absolute Gasteiger partial charge is 0.408 e. The molecule has 0 aromatic carbocycles. The summed E-state index contributed by atoms with van der Waals surface area (Å²) in [5.74, 6) is -5.41. The van der Waals surface area contributed by atoms with Gasteiger partial charge in [0.2, 0.25) is 5.88 Å². The van der Waals surface area contributed by atoms with Crippen LogP contribution in [0.4, 0.5) is 36.6 Å². The van der Waals surface area contributed by atoms with Crippen molar-refractivity contribution < 1.29 is 35.5 Å². The molecule has 206 valence electrons. The van der Waals surface area contributed by atoms with Gasteiger partial charge in [0.05, 0.1) is 36.1 Å². The molecule has 0 bridgehead atoms. The van der Waals surface area contributed by atoms with Crippen LogP contribution >= 0.6 is 0 Å². The second-order valence-electron chi connectivity index (χ2n) is 8.50. The molecule has 1 aliphatic heterocycles. The zero-order chi connectivity index (χ0) is 28.1. The quantitative estimate of drug-likeness (QED) is 0.344. The molecular weight excluding hydrogens is 545 g/mol. The Kier molecular flexibility index (Phi) is 6.26. The number of rotatable bonds is 6. The maximum Gasteiger partial charge on any atom is 0.408 e. The largest absolute Gasteiger partial charge is 0.466 e. The Labute approximate surface area is 211 Å². The van der Waals surface area contributed by atoms with Crippen molar-refractivity contribution in [2.45, 2.75) is 31.2 Å². The fourth-order valence-electron chi connectivity index (χ4n) is 3.96. The number of alkyl halides is 7. The molecule has 0 unspecified atom stereocenters. The van der Waals surface area contributed by atoms with E-state index in [1.54, 1.807) is 0 Å². The zero-order valence-electron chi connectivity index (χ0n) is 19.2. The van der Waals surface area contributed by atoms with Crippen molar-refractivity contribution in [3.05, 3.63) is 57.4 Å². The minimum absolute atomic E-state index is 0.0522. The van der Waals surface area contributed by atoms with Crippen LogP contribution in [0.15, 0.2) is 40.3 Å². The van der Waals surface area contributed by atoms with Gasteiger partial charge >= 0.3 is 17.8 Å². The number of hydrogen-bond acceptors (Lipinski definition) is 8. The predicted molar refractivity (Wildman–Crippen MR) is 119 cm³/mol. The normalized spacial score (nSPS) is 17.3. The number of nitrogens with zero attached hydrogens (tertiary/aromatic N) is 6. The van der Waals surface area contributed by atoms with Gasteiger partial charge in [0.25, 0.3) is 12.0 Å². The molecule has 1 fully saturated rings. The summed E-state index contributed by atoms with van der Waals surface area (Å²) in [5.41, 5.74) is -2.54. The van der Waals surface area contributed by atoms with Gasteiger partial charge in [-0.25, -0.2) is 37.3 Å². The molecule has 1 atom stereocenters. The molecule has 18 heteroatoms. The lowest BCUT2D eigenvalue weighted by Crippen LogP contribution is -2.36. The highest BCUT2D eigenvalue weighted by Gasteiger charge is 2.51. The van der Waals surface area contributed by atoms with Crippen LogP contribution in [0.1, 0.15) is 12.2 Å². The highest BCUT2D eigenvalue weighted by atomic mass is 19.4. The first kappa shape index (κ1) is 26.1. The number of halogens is 7. The summed E-state index contributed by atoms with van der Waals surface area (Å²) < 4.78 is 101. The highest BCUT2D eigenvalue weighted by molar-refractivity contribution is 5.78. The Morgan fingerprint density at radius 3 is 2.62 bits per heavy atom. The first-order chi connectivity index (χ1) is 18.3. The number of nitrogens with one attached hydrogen (secondary N) is 2. The van der Waals surface area contributed by atoms with E-state index >= 15 is 0 Å². The van der Waals surface area contributed by atoms with Crippen LogP contribution in [0.25, 0.3) is 22.2 Å². The fourth-order valence-corrected chi connectivity index (χ4v) is 3.96. The van der Waals surface area contributed by atoms with Crippen LogP contribution < -0.4 is 20.9 Å². The summed E-state index contributed by atoms with van der Waals surface area (Å²) in [7, 11) is 0. The summed E-state index contributed by atoms with van der Waals surface area (Å²) in [4.78, 5) is 39.5. The van der Waals surface area contributed by atoms with Crippen LogP contribution in [0.3, 0.4) is 0 Å². The van der Waals surface area contributed by atoms with E-state index in [-0.39, 0.29) is 28.0 Å². The minimum atomic E-state index is -4.59. The first-order valence-electron chi connectivity index (χ1n) is 11.0. The summed E-state index contributed by atoms with van der Waals surface area (Å²) in [6.07, 6.45) is -6.54. The van der Waals surface area contributed by atoms with E-state index in [4.69, 9.17) is 4.74 Å².